The maximum atomic E-state index is 13.7. The van der Waals surface area contributed by atoms with Crippen LogP contribution < -0.4 is 26.2 Å². The highest BCUT2D eigenvalue weighted by Crippen LogP contribution is 2.46. The molecule has 10 nitrogen and oxygen atoms in total. The molecule has 0 aromatic heterocycles. The Morgan fingerprint density at radius 2 is 1.53 bits per heavy atom. The molecule has 0 saturated carbocycles. The zero-order valence-corrected chi connectivity index (χ0v) is 26.5. The van der Waals surface area contributed by atoms with Crippen molar-refractivity contribution in [3.8, 4) is 17.6 Å². The van der Waals surface area contributed by atoms with Crippen molar-refractivity contribution >= 4 is 46.8 Å². The second-order valence-electron chi connectivity index (χ2n) is 10.2. The number of carboxylic acid groups (broad SMARTS) is 1. The van der Waals surface area contributed by atoms with E-state index >= 15 is 0 Å². The molecule has 14 heteroatoms. The van der Waals surface area contributed by atoms with E-state index in [-0.39, 0.29) is 18.2 Å². The van der Waals surface area contributed by atoms with Crippen molar-refractivity contribution in [1.82, 2.24) is 5.43 Å². The number of carbonyl (C=O) groups excluding carboxylic acids is 3. The summed E-state index contributed by atoms with van der Waals surface area (Å²) in [4.78, 5) is 49.0. The molecule has 0 unspecified atom stereocenters. The molecule has 5 rings (SSSR count). The van der Waals surface area contributed by atoms with Gasteiger partial charge in [-0.1, -0.05) is 48.2 Å². The highest BCUT2D eigenvalue weighted by molar-refractivity contribution is 8.01. The van der Waals surface area contributed by atoms with E-state index in [2.05, 4.69) is 22.7 Å². The monoisotopic (exact) mass is 690 g/mol. The number of primary amides is 1. The summed E-state index contributed by atoms with van der Waals surface area (Å²) < 4.78 is 36.9. The van der Waals surface area contributed by atoms with Crippen LogP contribution in [0.2, 0.25) is 0 Å². The third kappa shape index (κ3) is 10.0. The summed E-state index contributed by atoms with van der Waals surface area (Å²) in [5.74, 6) is 3.09. The quantitative estimate of drug-likeness (QED) is 0.140. The number of carbonyl (C=O) groups is 4. The molecule has 0 aliphatic carbocycles. The van der Waals surface area contributed by atoms with Gasteiger partial charge in [0.1, 0.15) is 11.1 Å². The predicted molar refractivity (Wildman–Crippen MR) is 178 cm³/mol. The number of anilines is 2. The van der Waals surface area contributed by atoms with Crippen molar-refractivity contribution in [3.63, 3.8) is 0 Å². The minimum atomic E-state index is -5.08. The zero-order valence-electron chi connectivity index (χ0n) is 25.7. The number of hydrogen-bond acceptors (Lipinski definition) is 7. The molecular formula is C35H29F3N4O6S. The van der Waals surface area contributed by atoms with E-state index < -0.39 is 28.7 Å². The third-order valence-electron chi connectivity index (χ3n) is 6.82. The lowest BCUT2D eigenvalue weighted by molar-refractivity contribution is -0.192. The second kappa shape index (κ2) is 16.2. The molecular weight excluding hydrogens is 661 g/mol. The van der Waals surface area contributed by atoms with E-state index in [4.69, 9.17) is 20.4 Å². The van der Waals surface area contributed by atoms with Crippen molar-refractivity contribution in [2.45, 2.75) is 23.2 Å². The smallest absolute Gasteiger partial charge is 0.490 e. The first-order valence-electron chi connectivity index (χ1n) is 14.4. The van der Waals surface area contributed by atoms with Gasteiger partial charge in [0.25, 0.3) is 0 Å². The van der Waals surface area contributed by atoms with Crippen LogP contribution in [0.15, 0.2) is 103 Å². The Morgan fingerprint density at radius 1 is 0.918 bits per heavy atom. The minimum Gasteiger partial charge on any atom is -0.497 e. The van der Waals surface area contributed by atoms with Crippen LogP contribution >= 0.6 is 11.8 Å². The molecule has 0 spiro atoms. The lowest BCUT2D eigenvalue weighted by Crippen LogP contribution is -2.36. The Morgan fingerprint density at radius 3 is 2.10 bits per heavy atom. The number of nitrogens with one attached hydrogen (secondary N) is 2. The first kappa shape index (κ1) is 35.9. The normalized spacial score (nSPS) is 15.2. The number of nitrogens with zero attached hydrogens (tertiary/aromatic N) is 1. The predicted octanol–water partition coefficient (Wildman–Crippen LogP) is 5.51. The highest BCUT2D eigenvalue weighted by atomic mass is 32.2. The summed E-state index contributed by atoms with van der Waals surface area (Å²) in [5.41, 5.74) is 15.2. The molecule has 1 aliphatic heterocycles. The molecule has 1 aliphatic rings. The fourth-order valence-electron chi connectivity index (χ4n) is 4.41. The Hall–Kier alpha value is -5.94. The first-order chi connectivity index (χ1) is 23.3. The number of aliphatic carboxylic acids is 1. The molecule has 1 saturated heterocycles. The van der Waals surface area contributed by atoms with Gasteiger partial charge in [-0.15, -0.1) is 11.8 Å². The van der Waals surface area contributed by atoms with Crippen LogP contribution in [0.1, 0.15) is 38.8 Å². The van der Waals surface area contributed by atoms with Crippen LogP contribution in [0.5, 0.6) is 5.75 Å². The van der Waals surface area contributed by atoms with E-state index in [9.17, 15) is 27.6 Å². The topological polar surface area (TPSA) is 151 Å². The average Bonchev–Trinajstić information content (AvgIpc) is 3.42. The minimum absolute atomic E-state index is 0.0458. The van der Waals surface area contributed by atoms with Crippen molar-refractivity contribution in [3.05, 3.63) is 125 Å². The fraction of sp³-hybridized carbons (Fsp3) is 0.143. The summed E-state index contributed by atoms with van der Waals surface area (Å²) in [7, 11) is 1.58. The summed E-state index contributed by atoms with van der Waals surface area (Å²) >= 11 is 1.38. The van der Waals surface area contributed by atoms with Crippen molar-refractivity contribution in [1.29, 1.82) is 0 Å². The Labute approximate surface area is 283 Å². The molecule has 0 bridgehead atoms. The molecule has 1 fully saturated rings. The molecule has 0 radical (unpaired) electrons. The summed E-state index contributed by atoms with van der Waals surface area (Å²) in [5, 5.41) is 6.05. The number of thioether (sulfide) groups is 1. The van der Waals surface area contributed by atoms with Crippen LogP contribution in [0.4, 0.5) is 24.5 Å². The third-order valence-corrected chi connectivity index (χ3v) is 8.26. The number of hydrazine groups is 1. The summed E-state index contributed by atoms with van der Waals surface area (Å²) in [6.45, 7) is 0. The van der Waals surface area contributed by atoms with Crippen LogP contribution in [-0.2, 0) is 14.4 Å². The number of carboxylic acids is 1. The summed E-state index contributed by atoms with van der Waals surface area (Å²) in [6, 6.07) is 31.1. The molecule has 4 aromatic carbocycles. The number of benzene rings is 4. The number of halogens is 3. The SMILES string of the molecule is COc1ccc(NNC(=O)C[C@H]2S[C@@H](c3ccc(C#Cc4ccccc4)cc3)N(c3cccc(C(N)=O)c3)C2=O)cc1.O=C(O)C(F)(F)F. The second-order valence-corrected chi connectivity index (χ2v) is 11.5. The van der Waals surface area contributed by atoms with Crippen molar-refractivity contribution < 1.29 is 42.2 Å². The number of amides is 3. The number of hydrogen-bond donors (Lipinski definition) is 4. The maximum Gasteiger partial charge on any atom is 0.490 e. The number of rotatable bonds is 8. The number of alkyl halides is 3. The lowest BCUT2D eigenvalue weighted by Gasteiger charge is -2.24. The number of methoxy groups -OCH3 is 1. The van der Waals surface area contributed by atoms with Gasteiger partial charge in [-0.2, -0.15) is 13.2 Å². The standard InChI is InChI=1S/C33H28N4O4S.C2HF3O2/c1-41-28-18-16-26(17-19-28)35-36-30(38)21-29-32(40)37(27-9-5-8-25(20-27)31(34)39)33(42-29)24-14-12-23(13-15-24)11-10-22-6-3-2-4-7-22;3-2(4,5)1(6)7/h2-9,12-20,29,33,35H,21H2,1H3,(H2,34,39)(H,36,38);(H,6,7)/t29-,33+;/m1./s1. The fourth-order valence-corrected chi connectivity index (χ4v) is 5.86. The summed E-state index contributed by atoms with van der Waals surface area (Å²) in [6.07, 6.45) is -5.13. The van der Waals surface area contributed by atoms with Gasteiger partial charge < -0.3 is 15.6 Å². The highest BCUT2D eigenvalue weighted by Gasteiger charge is 2.43. The van der Waals surface area contributed by atoms with Gasteiger partial charge in [0.05, 0.1) is 18.0 Å². The zero-order chi connectivity index (χ0) is 35.6. The maximum absolute atomic E-state index is 13.7. The largest absolute Gasteiger partial charge is 0.497 e. The number of nitrogens with two attached hydrogens (primary N) is 1. The van der Waals surface area contributed by atoms with Gasteiger partial charge in [0.15, 0.2) is 0 Å². The van der Waals surface area contributed by atoms with Gasteiger partial charge in [0.2, 0.25) is 17.7 Å². The molecule has 4 aromatic rings. The lowest BCUT2D eigenvalue weighted by atomic mass is 10.1. The Kier molecular flexibility index (Phi) is 11.9. The van der Waals surface area contributed by atoms with Gasteiger partial charge in [-0.3, -0.25) is 30.1 Å². The van der Waals surface area contributed by atoms with E-state index in [1.54, 1.807) is 60.5 Å². The first-order valence-corrected chi connectivity index (χ1v) is 15.3. The van der Waals surface area contributed by atoms with E-state index in [1.165, 1.54) is 11.8 Å². The molecule has 3 amide bonds. The molecule has 5 N–H and O–H groups in total. The van der Waals surface area contributed by atoms with Crippen LogP contribution in [0.3, 0.4) is 0 Å². The van der Waals surface area contributed by atoms with Crippen LogP contribution in [-0.4, -0.2) is 47.3 Å². The van der Waals surface area contributed by atoms with E-state index in [0.717, 1.165) is 16.7 Å². The van der Waals surface area contributed by atoms with Gasteiger partial charge in [-0.25, -0.2) is 4.79 Å². The molecule has 2 atom stereocenters. The van der Waals surface area contributed by atoms with Gasteiger partial charge in [0, 0.05) is 28.8 Å². The molecule has 49 heavy (non-hydrogen) atoms. The average molecular weight is 691 g/mol. The Bertz CT molecular complexity index is 1860. The van der Waals surface area contributed by atoms with Crippen LogP contribution in [0.25, 0.3) is 0 Å². The Balaban J connectivity index is 0.000000698. The number of ether oxygens (including phenoxy) is 1. The van der Waals surface area contributed by atoms with Crippen LogP contribution in [0, 0.1) is 11.8 Å². The molecule has 252 valence electrons. The van der Waals surface area contributed by atoms with Crippen molar-refractivity contribution in [2.75, 3.05) is 17.4 Å². The van der Waals surface area contributed by atoms with Gasteiger partial charge >= 0.3 is 12.1 Å². The van der Waals surface area contributed by atoms with E-state index in [1.807, 2.05) is 54.6 Å². The van der Waals surface area contributed by atoms with Crippen molar-refractivity contribution in [2.24, 2.45) is 5.73 Å². The molecule has 1 heterocycles. The van der Waals surface area contributed by atoms with Gasteiger partial charge in [-0.05, 0) is 72.3 Å². The van der Waals surface area contributed by atoms with E-state index in [0.29, 0.717) is 22.7 Å².